The Morgan fingerprint density at radius 2 is 2.05 bits per heavy atom. The summed E-state index contributed by atoms with van der Waals surface area (Å²) in [5.41, 5.74) is 2.10. The van der Waals surface area contributed by atoms with E-state index >= 15 is 0 Å². The second-order valence-corrected chi connectivity index (χ2v) is 5.39. The first-order valence-corrected chi connectivity index (χ1v) is 7.26. The Kier molecular flexibility index (Phi) is 4.96. The normalized spacial score (nSPS) is 10.8. The lowest BCUT2D eigenvalue weighted by Gasteiger charge is -2.12. The lowest BCUT2D eigenvalue weighted by Crippen LogP contribution is -1.98. The van der Waals surface area contributed by atoms with Crippen LogP contribution in [-0.2, 0) is 6.42 Å². The van der Waals surface area contributed by atoms with E-state index < -0.39 is 0 Å². The van der Waals surface area contributed by atoms with Crippen LogP contribution in [0.1, 0.15) is 44.2 Å². The summed E-state index contributed by atoms with van der Waals surface area (Å²) in [7, 11) is 0. The molecule has 0 aliphatic heterocycles. The van der Waals surface area contributed by atoms with Crippen LogP contribution in [0.3, 0.4) is 0 Å². The summed E-state index contributed by atoms with van der Waals surface area (Å²) in [4.78, 5) is 8.23. The van der Waals surface area contributed by atoms with Crippen LogP contribution in [0.2, 0.25) is 5.15 Å². The standard InChI is InChI=1S/C16H19ClN2O/c1-4-6-14-15(17)18-10-19-16(14)20-13-8-5-7-12(9-13)11(2)3/h5,7-11H,4,6H2,1-3H3. The molecule has 0 amide bonds. The van der Waals surface area contributed by atoms with E-state index in [2.05, 4.69) is 36.8 Å². The first-order valence-electron chi connectivity index (χ1n) is 6.89. The van der Waals surface area contributed by atoms with E-state index in [-0.39, 0.29) is 0 Å². The number of benzene rings is 1. The smallest absolute Gasteiger partial charge is 0.227 e. The highest BCUT2D eigenvalue weighted by Crippen LogP contribution is 2.29. The molecule has 2 aromatic rings. The minimum atomic E-state index is 0.461. The third-order valence-corrected chi connectivity index (χ3v) is 3.42. The molecule has 0 unspecified atom stereocenters. The molecule has 1 heterocycles. The molecule has 0 aliphatic rings. The van der Waals surface area contributed by atoms with Gasteiger partial charge in [-0.1, -0.05) is 50.9 Å². The van der Waals surface area contributed by atoms with E-state index in [9.17, 15) is 0 Å². The van der Waals surface area contributed by atoms with Crippen molar-refractivity contribution in [1.82, 2.24) is 9.97 Å². The van der Waals surface area contributed by atoms with Crippen LogP contribution >= 0.6 is 11.6 Å². The van der Waals surface area contributed by atoms with Crippen molar-refractivity contribution in [2.45, 2.75) is 39.5 Å². The largest absolute Gasteiger partial charge is 0.439 e. The summed E-state index contributed by atoms with van der Waals surface area (Å²) in [6.45, 7) is 6.40. The maximum absolute atomic E-state index is 6.13. The lowest BCUT2D eigenvalue weighted by atomic mass is 10.0. The molecule has 0 atom stereocenters. The Balaban J connectivity index is 2.30. The number of hydrogen-bond donors (Lipinski definition) is 0. The van der Waals surface area contributed by atoms with Crippen molar-refractivity contribution >= 4 is 11.6 Å². The first-order chi connectivity index (χ1) is 9.61. The van der Waals surface area contributed by atoms with Gasteiger partial charge in [0.2, 0.25) is 5.88 Å². The molecular formula is C16H19ClN2O. The van der Waals surface area contributed by atoms with Gasteiger partial charge >= 0.3 is 0 Å². The van der Waals surface area contributed by atoms with Gasteiger partial charge in [0.05, 0.1) is 5.56 Å². The van der Waals surface area contributed by atoms with Crippen LogP contribution < -0.4 is 4.74 Å². The molecule has 0 N–H and O–H groups in total. The van der Waals surface area contributed by atoms with Gasteiger partial charge in [-0.2, -0.15) is 0 Å². The predicted octanol–water partition coefficient (Wildman–Crippen LogP) is 5.00. The Morgan fingerprint density at radius 3 is 2.75 bits per heavy atom. The van der Waals surface area contributed by atoms with Gasteiger partial charge in [-0.15, -0.1) is 0 Å². The predicted molar refractivity (Wildman–Crippen MR) is 81.6 cm³/mol. The molecule has 0 radical (unpaired) electrons. The van der Waals surface area contributed by atoms with Gasteiger partial charge in [0.25, 0.3) is 0 Å². The number of halogens is 1. The minimum absolute atomic E-state index is 0.461. The quantitative estimate of drug-likeness (QED) is 0.727. The molecule has 2 rings (SSSR count). The highest BCUT2D eigenvalue weighted by molar-refractivity contribution is 6.30. The Hall–Kier alpha value is -1.61. The molecule has 3 nitrogen and oxygen atoms in total. The maximum Gasteiger partial charge on any atom is 0.227 e. The summed E-state index contributed by atoms with van der Waals surface area (Å²) in [6, 6.07) is 8.05. The van der Waals surface area contributed by atoms with Crippen molar-refractivity contribution in [3.63, 3.8) is 0 Å². The van der Waals surface area contributed by atoms with Crippen LogP contribution in [0.15, 0.2) is 30.6 Å². The van der Waals surface area contributed by atoms with Crippen LogP contribution in [0.4, 0.5) is 0 Å². The molecule has 0 spiro atoms. The topological polar surface area (TPSA) is 35.0 Å². The van der Waals surface area contributed by atoms with E-state index in [0.717, 1.165) is 24.2 Å². The third-order valence-electron chi connectivity index (χ3n) is 3.09. The lowest BCUT2D eigenvalue weighted by molar-refractivity contribution is 0.453. The highest BCUT2D eigenvalue weighted by atomic mass is 35.5. The van der Waals surface area contributed by atoms with Gasteiger partial charge in [-0.25, -0.2) is 9.97 Å². The third kappa shape index (κ3) is 3.48. The first kappa shape index (κ1) is 14.8. The van der Waals surface area contributed by atoms with Gasteiger partial charge in [-0.3, -0.25) is 0 Å². The zero-order valence-corrected chi connectivity index (χ0v) is 12.8. The second kappa shape index (κ2) is 6.71. The van der Waals surface area contributed by atoms with Gasteiger partial charge in [0, 0.05) is 0 Å². The number of hydrogen-bond acceptors (Lipinski definition) is 3. The Morgan fingerprint density at radius 1 is 1.25 bits per heavy atom. The maximum atomic E-state index is 6.13. The molecule has 1 aromatic carbocycles. The van der Waals surface area contributed by atoms with Crippen molar-refractivity contribution in [3.05, 3.63) is 46.9 Å². The Labute approximate surface area is 125 Å². The number of aromatic nitrogens is 2. The van der Waals surface area contributed by atoms with Crippen molar-refractivity contribution in [1.29, 1.82) is 0 Å². The number of ether oxygens (including phenoxy) is 1. The van der Waals surface area contributed by atoms with Crippen molar-refractivity contribution < 1.29 is 4.74 Å². The van der Waals surface area contributed by atoms with Gasteiger partial charge in [-0.05, 0) is 30.0 Å². The summed E-state index contributed by atoms with van der Waals surface area (Å²) in [6.07, 6.45) is 3.21. The fourth-order valence-electron chi connectivity index (χ4n) is 1.97. The van der Waals surface area contributed by atoms with E-state index in [1.54, 1.807) is 0 Å². The van der Waals surface area contributed by atoms with Crippen LogP contribution in [0.25, 0.3) is 0 Å². The van der Waals surface area contributed by atoms with Crippen molar-refractivity contribution in [2.75, 3.05) is 0 Å². The molecule has 1 aromatic heterocycles. The van der Waals surface area contributed by atoms with Gasteiger partial charge in [0.1, 0.15) is 17.2 Å². The fourth-order valence-corrected chi connectivity index (χ4v) is 2.19. The average molecular weight is 291 g/mol. The molecule has 0 fully saturated rings. The summed E-state index contributed by atoms with van der Waals surface area (Å²) in [5.74, 6) is 1.79. The number of nitrogens with zero attached hydrogens (tertiary/aromatic N) is 2. The van der Waals surface area contributed by atoms with Gasteiger partial charge in [0.15, 0.2) is 0 Å². The van der Waals surface area contributed by atoms with Crippen molar-refractivity contribution in [3.8, 4) is 11.6 Å². The number of rotatable bonds is 5. The van der Waals surface area contributed by atoms with E-state index in [1.807, 2.05) is 18.2 Å². The minimum Gasteiger partial charge on any atom is -0.439 e. The highest BCUT2D eigenvalue weighted by Gasteiger charge is 2.11. The zero-order chi connectivity index (χ0) is 14.5. The second-order valence-electron chi connectivity index (χ2n) is 5.03. The van der Waals surface area contributed by atoms with Crippen LogP contribution in [-0.4, -0.2) is 9.97 Å². The van der Waals surface area contributed by atoms with E-state index in [0.29, 0.717) is 17.0 Å². The Bertz CT molecular complexity index is 584. The molecule has 0 bridgehead atoms. The molecule has 4 heteroatoms. The summed E-state index contributed by atoms with van der Waals surface area (Å²) >= 11 is 6.13. The zero-order valence-electron chi connectivity index (χ0n) is 12.1. The van der Waals surface area contributed by atoms with Crippen LogP contribution in [0, 0.1) is 0 Å². The molecule has 0 saturated carbocycles. The van der Waals surface area contributed by atoms with Crippen molar-refractivity contribution in [2.24, 2.45) is 0 Å². The fraction of sp³-hybridized carbons (Fsp3) is 0.375. The van der Waals surface area contributed by atoms with E-state index in [4.69, 9.17) is 16.3 Å². The van der Waals surface area contributed by atoms with E-state index in [1.165, 1.54) is 11.9 Å². The molecule has 0 aliphatic carbocycles. The molecule has 106 valence electrons. The molecule has 20 heavy (non-hydrogen) atoms. The summed E-state index contributed by atoms with van der Waals surface area (Å²) in [5, 5.41) is 0.469. The van der Waals surface area contributed by atoms with Crippen LogP contribution in [0.5, 0.6) is 11.6 Å². The molecule has 0 saturated heterocycles. The summed E-state index contributed by atoms with van der Waals surface area (Å²) < 4.78 is 5.90. The monoisotopic (exact) mass is 290 g/mol. The van der Waals surface area contributed by atoms with Gasteiger partial charge < -0.3 is 4.74 Å². The molecular weight excluding hydrogens is 272 g/mol. The average Bonchev–Trinajstić information content (AvgIpc) is 2.43. The SMILES string of the molecule is CCCc1c(Cl)ncnc1Oc1cccc(C(C)C)c1.